The van der Waals surface area contributed by atoms with Gasteiger partial charge >= 0.3 is 11.9 Å². The molecule has 0 heterocycles. The maximum atomic E-state index is 11.5. The molecule has 0 aliphatic heterocycles. The van der Waals surface area contributed by atoms with Crippen LogP contribution in [0.3, 0.4) is 0 Å². The molecule has 0 aliphatic rings. The van der Waals surface area contributed by atoms with Crippen LogP contribution in [0, 0.1) is 0 Å². The molecular formula is C9H17NO6S. The maximum Gasteiger partial charge on any atom is 0.307 e. The van der Waals surface area contributed by atoms with Crippen LogP contribution in [0.1, 0.15) is 19.8 Å². The summed E-state index contributed by atoms with van der Waals surface area (Å²) in [7, 11) is -2.32. The number of hydrogen-bond donors (Lipinski definition) is 1. The van der Waals surface area contributed by atoms with Gasteiger partial charge in [0.05, 0.1) is 25.2 Å². The van der Waals surface area contributed by atoms with Gasteiger partial charge in [-0.05, 0) is 6.92 Å². The number of sulfonamides is 1. The highest BCUT2D eigenvalue weighted by Crippen LogP contribution is 2.02. The Labute approximate surface area is 100 Å². The predicted molar refractivity (Wildman–Crippen MR) is 59.9 cm³/mol. The third-order valence-corrected chi connectivity index (χ3v) is 3.84. The van der Waals surface area contributed by atoms with Crippen LogP contribution in [-0.4, -0.2) is 55.7 Å². The summed E-state index contributed by atoms with van der Waals surface area (Å²) in [6.07, 6.45) is -0.497. The van der Waals surface area contributed by atoms with Crippen LogP contribution >= 0.6 is 0 Å². The second-order valence-electron chi connectivity index (χ2n) is 3.34. The Morgan fingerprint density at radius 2 is 1.88 bits per heavy atom. The molecule has 0 saturated heterocycles. The lowest BCUT2D eigenvalue weighted by Crippen LogP contribution is -2.32. The number of rotatable bonds is 8. The van der Waals surface area contributed by atoms with E-state index < -0.39 is 34.1 Å². The summed E-state index contributed by atoms with van der Waals surface area (Å²) in [6.45, 7) is 1.89. The van der Waals surface area contributed by atoms with Crippen molar-refractivity contribution in [2.24, 2.45) is 0 Å². The standard InChI is InChI=1S/C9H17NO6S/c1-3-16-9(13)4-6-10(2)17(14,15)7-5-8(11)12/h3-7H2,1-2H3,(H,11,12). The van der Waals surface area contributed by atoms with Gasteiger partial charge in [0.15, 0.2) is 0 Å². The van der Waals surface area contributed by atoms with Gasteiger partial charge in [-0.3, -0.25) is 9.59 Å². The summed E-state index contributed by atoms with van der Waals surface area (Å²) in [5.41, 5.74) is 0. The first kappa shape index (κ1) is 15.9. The van der Waals surface area contributed by atoms with E-state index in [9.17, 15) is 18.0 Å². The van der Waals surface area contributed by atoms with Crippen molar-refractivity contribution in [3.05, 3.63) is 0 Å². The van der Waals surface area contributed by atoms with E-state index in [1.54, 1.807) is 6.92 Å². The van der Waals surface area contributed by atoms with Gasteiger partial charge in [0, 0.05) is 13.6 Å². The van der Waals surface area contributed by atoms with E-state index in [1.165, 1.54) is 7.05 Å². The summed E-state index contributed by atoms with van der Waals surface area (Å²) in [5.74, 6) is -2.12. The second kappa shape index (κ2) is 7.23. The van der Waals surface area contributed by atoms with Crippen LogP contribution in [0.15, 0.2) is 0 Å². The fourth-order valence-electron chi connectivity index (χ4n) is 0.993. The minimum Gasteiger partial charge on any atom is -0.481 e. The van der Waals surface area contributed by atoms with Crippen molar-refractivity contribution in [2.45, 2.75) is 19.8 Å². The van der Waals surface area contributed by atoms with Gasteiger partial charge in [-0.2, -0.15) is 0 Å². The fraction of sp³-hybridized carbons (Fsp3) is 0.778. The zero-order chi connectivity index (χ0) is 13.5. The SMILES string of the molecule is CCOC(=O)CCN(C)S(=O)(=O)CCC(=O)O. The van der Waals surface area contributed by atoms with Crippen molar-refractivity contribution in [1.82, 2.24) is 4.31 Å². The third kappa shape index (κ3) is 6.90. The molecule has 0 amide bonds. The molecular weight excluding hydrogens is 250 g/mol. The van der Waals surface area contributed by atoms with Gasteiger partial charge in [-0.25, -0.2) is 12.7 Å². The summed E-state index contributed by atoms with van der Waals surface area (Å²) in [6, 6.07) is 0. The van der Waals surface area contributed by atoms with Crippen molar-refractivity contribution in [2.75, 3.05) is 26.0 Å². The van der Waals surface area contributed by atoms with E-state index in [0.29, 0.717) is 0 Å². The molecule has 0 aromatic heterocycles. The van der Waals surface area contributed by atoms with E-state index in [4.69, 9.17) is 5.11 Å². The zero-order valence-corrected chi connectivity index (χ0v) is 10.7. The minimum atomic E-state index is -3.62. The molecule has 0 spiro atoms. The minimum absolute atomic E-state index is 0.0131. The smallest absolute Gasteiger partial charge is 0.307 e. The number of hydrogen-bond acceptors (Lipinski definition) is 5. The summed E-state index contributed by atoms with van der Waals surface area (Å²) < 4.78 is 28.6. The lowest BCUT2D eigenvalue weighted by molar-refractivity contribution is -0.143. The Hall–Kier alpha value is -1.15. The first-order valence-electron chi connectivity index (χ1n) is 5.11. The van der Waals surface area contributed by atoms with Crippen LogP contribution in [0.5, 0.6) is 0 Å². The first-order chi connectivity index (χ1) is 7.79. The molecule has 0 aromatic carbocycles. The van der Waals surface area contributed by atoms with Crippen LogP contribution in [0.2, 0.25) is 0 Å². The van der Waals surface area contributed by atoms with E-state index >= 15 is 0 Å². The Bertz CT molecular complexity index is 364. The first-order valence-corrected chi connectivity index (χ1v) is 6.72. The lowest BCUT2D eigenvalue weighted by Gasteiger charge is -2.15. The number of nitrogens with zero attached hydrogens (tertiary/aromatic N) is 1. The van der Waals surface area contributed by atoms with Crippen molar-refractivity contribution < 1.29 is 27.9 Å². The molecule has 0 atom stereocenters. The molecule has 8 heteroatoms. The number of aliphatic carboxylic acids is 1. The third-order valence-electron chi connectivity index (χ3n) is 1.98. The summed E-state index contributed by atoms with van der Waals surface area (Å²) in [5, 5.41) is 8.39. The number of carboxylic acids is 1. The number of ether oxygens (including phenoxy) is 1. The molecule has 0 rings (SSSR count). The van der Waals surface area contributed by atoms with Gasteiger partial charge in [0.1, 0.15) is 0 Å². The molecule has 0 unspecified atom stereocenters. The topological polar surface area (TPSA) is 101 Å². The average molecular weight is 267 g/mol. The van der Waals surface area contributed by atoms with Gasteiger partial charge in [0.25, 0.3) is 0 Å². The normalized spacial score (nSPS) is 11.5. The van der Waals surface area contributed by atoms with E-state index in [2.05, 4.69) is 4.74 Å². The Kier molecular flexibility index (Phi) is 6.74. The average Bonchev–Trinajstić information content (AvgIpc) is 2.23. The quantitative estimate of drug-likeness (QED) is 0.605. The molecule has 0 radical (unpaired) electrons. The largest absolute Gasteiger partial charge is 0.481 e. The number of esters is 1. The highest BCUT2D eigenvalue weighted by molar-refractivity contribution is 7.89. The molecule has 7 nitrogen and oxygen atoms in total. The Balaban J connectivity index is 4.16. The number of carboxylic acid groups (broad SMARTS) is 1. The van der Waals surface area contributed by atoms with E-state index in [1.807, 2.05) is 0 Å². The molecule has 0 fully saturated rings. The molecule has 0 aromatic rings. The van der Waals surface area contributed by atoms with Crippen molar-refractivity contribution in [1.29, 1.82) is 0 Å². The van der Waals surface area contributed by atoms with Crippen LogP contribution in [-0.2, 0) is 24.3 Å². The van der Waals surface area contributed by atoms with Gasteiger partial charge in [-0.1, -0.05) is 0 Å². The maximum absolute atomic E-state index is 11.5. The van der Waals surface area contributed by atoms with Crippen molar-refractivity contribution in [3.8, 4) is 0 Å². The fourth-order valence-corrected chi connectivity index (χ4v) is 2.11. The Morgan fingerprint density at radius 1 is 1.29 bits per heavy atom. The van der Waals surface area contributed by atoms with Crippen molar-refractivity contribution >= 4 is 22.0 Å². The van der Waals surface area contributed by atoms with E-state index in [0.717, 1.165) is 4.31 Å². The predicted octanol–water partition coefficient (Wildman–Crippen LogP) is -0.324. The molecule has 0 saturated carbocycles. The molecule has 17 heavy (non-hydrogen) atoms. The summed E-state index contributed by atoms with van der Waals surface area (Å²) >= 11 is 0. The highest BCUT2D eigenvalue weighted by atomic mass is 32.2. The lowest BCUT2D eigenvalue weighted by atomic mass is 10.4. The number of carbonyl (C=O) groups excluding carboxylic acids is 1. The molecule has 100 valence electrons. The molecule has 0 aliphatic carbocycles. The van der Waals surface area contributed by atoms with Crippen molar-refractivity contribution in [3.63, 3.8) is 0 Å². The van der Waals surface area contributed by atoms with E-state index in [-0.39, 0.29) is 19.6 Å². The Morgan fingerprint density at radius 3 is 2.35 bits per heavy atom. The molecule has 0 bridgehead atoms. The van der Waals surface area contributed by atoms with Crippen LogP contribution < -0.4 is 0 Å². The van der Waals surface area contributed by atoms with Crippen LogP contribution in [0.25, 0.3) is 0 Å². The highest BCUT2D eigenvalue weighted by Gasteiger charge is 2.19. The van der Waals surface area contributed by atoms with Crippen LogP contribution in [0.4, 0.5) is 0 Å². The van der Waals surface area contributed by atoms with Gasteiger partial charge in [0.2, 0.25) is 10.0 Å². The number of carbonyl (C=O) groups is 2. The van der Waals surface area contributed by atoms with Gasteiger partial charge in [-0.15, -0.1) is 0 Å². The monoisotopic (exact) mass is 267 g/mol. The second-order valence-corrected chi connectivity index (χ2v) is 5.53. The summed E-state index contributed by atoms with van der Waals surface area (Å²) in [4.78, 5) is 21.3. The molecule has 1 N–H and O–H groups in total. The van der Waals surface area contributed by atoms with Gasteiger partial charge < -0.3 is 9.84 Å². The zero-order valence-electron chi connectivity index (χ0n) is 9.88.